The molecular formula is C21H20FN2O2+. The molecule has 0 saturated heterocycles. The SMILES string of the molecule is O=C(CCC[n+]1ccc(-c2cc(C3CC3)on2)cc1)c1ccc(F)cc1. The molecule has 1 saturated carbocycles. The Balaban J connectivity index is 1.31. The number of halogens is 1. The first kappa shape index (κ1) is 16.6. The molecule has 1 fully saturated rings. The second-order valence-electron chi connectivity index (χ2n) is 6.75. The number of ketones is 1. The molecule has 2 heterocycles. The van der Waals surface area contributed by atoms with Gasteiger partial charge >= 0.3 is 0 Å². The summed E-state index contributed by atoms with van der Waals surface area (Å²) in [6.07, 6.45) is 7.54. The van der Waals surface area contributed by atoms with Crippen molar-refractivity contribution in [3.63, 3.8) is 0 Å². The number of carbonyl (C=O) groups excluding carboxylic acids is 1. The molecule has 1 aromatic carbocycles. The molecular weight excluding hydrogens is 331 g/mol. The highest BCUT2D eigenvalue weighted by Crippen LogP contribution is 2.41. The molecule has 0 unspecified atom stereocenters. The molecule has 0 N–H and O–H groups in total. The van der Waals surface area contributed by atoms with E-state index in [0.717, 1.165) is 30.0 Å². The van der Waals surface area contributed by atoms with Crippen molar-refractivity contribution in [2.45, 2.75) is 38.1 Å². The maximum absolute atomic E-state index is 12.9. The van der Waals surface area contributed by atoms with Crippen LogP contribution in [0.3, 0.4) is 0 Å². The summed E-state index contributed by atoms with van der Waals surface area (Å²) in [5.74, 6) is 1.26. The normalized spacial score (nSPS) is 13.7. The maximum Gasteiger partial charge on any atom is 0.169 e. The lowest BCUT2D eigenvalue weighted by Crippen LogP contribution is -2.32. The third-order valence-electron chi connectivity index (χ3n) is 4.68. The zero-order valence-electron chi connectivity index (χ0n) is 14.4. The summed E-state index contributed by atoms with van der Waals surface area (Å²) in [6, 6.07) is 11.8. The molecule has 0 radical (unpaired) electrons. The second-order valence-corrected chi connectivity index (χ2v) is 6.75. The van der Waals surface area contributed by atoms with Crippen LogP contribution < -0.4 is 4.57 Å². The summed E-state index contributed by atoms with van der Waals surface area (Å²) in [5.41, 5.74) is 2.45. The number of benzene rings is 1. The Morgan fingerprint density at radius 1 is 1.15 bits per heavy atom. The lowest BCUT2D eigenvalue weighted by Gasteiger charge is -2.00. The molecule has 132 valence electrons. The number of nitrogens with zero attached hydrogens (tertiary/aromatic N) is 2. The Kier molecular flexibility index (Phi) is 4.61. The van der Waals surface area contributed by atoms with E-state index in [9.17, 15) is 9.18 Å². The first-order valence-electron chi connectivity index (χ1n) is 8.94. The molecule has 0 aliphatic heterocycles. The van der Waals surface area contributed by atoms with Gasteiger partial charge in [-0.15, -0.1) is 0 Å². The van der Waals surface area contributed by atoms with Crippen LogP contribution in [-0.2, 0) is 6.54 Å². The van der Waals surface area contributed by atoms with Crippen LogP contribution in [-0.4, -0.2) is 10.9 Å². The van der Waals surface area contributed by atoms with E-state index in [4.69, 9.17) is 4.52 Å². The average Bonchev–Trinajstić information content (AvgIpc) is 3.40. The zero-order chi connectivity index (χ0) is 17.9. The Morgan fingerprint density at radius 3 is 2.58 bits per heavy atom. The zero-order valence-corrected chi connectivity index (χ0v) is 14.4. The molecule has 5 heteroatoms. The molecule has 2 aromatic heterocycles. The summed E-state index contributed by atoms with van der Waals surface area (Å²) < 4.78 is 20.3. The van der Waals surface area contributed by atoms with Gasteiger partial charge in [0.05, 0.1) is 0 Å². The Labute approximate surface area is 151 Å². The lowest BCUT2D eigenvalue weighted by molar-refractivity contribution is -0.697. The van der Waals surface area contributed by atoms with Crippen LogP contribution in [0.2, 0.25) is 0 Å². The van der Waals surface area contributed by atoms with Crippen LogP contribution in [0.15, 0.2) is 59.4 Å². The van der Waals surface area contributed by atoms with Crippen molar-refractivity contribution in [3.8, 4) is 11.3 Å². The van der Waals surface area contributed by atoms with Gasteiger partial charge in [-0.25, -0.2) is 8.96 Å². The second kappa shape index (κ2) is 7.20. The van der Waals surface area contributed by atoms with E-state index in [1.54, 1.807) is 0 Å². The Bertz CT molecular complexity index is 897. The van der Waals surface area contributed by atoms with Gasteiger partial charge in [0, 0.05) is 48.1 Å². The van der Waals surface area contributed by atoms with Crippen LogP contribution in [0.5, 0.6) is 0 Å². The van der Waals surface area contributed by atoms with E-state index in [0.29, 0.717) is 17.9 Å². The fourth-order valence-electron chi connectivity index (χ4n) is 2.97. The molecule has 4 nitrogen and oxygen atoms in total. The van der Waals surface area contributed by atoms with Crippen molar-refractivity contribution in [2.24, 2.45) is 0 Å². The minimum Gasteiger partial charge on any atom is -0.360 e. The predicted octanol–water partition coefficient (Wildman–Crippen LogP) is 4.31. The molecule has 1 aliphatic carbocycles. The first-order chi connectivity index (χ1) is 12.7. The number of hydrogen-bond donors (Lipinski definition) is 0. The quantitative estimate of drug-likeness (QED) is 0.471. The molecule has 1 aliphatic rings. The standard InChI is InChI=1S/C21H20FN2O2/c22-18-7-5-16(6-8-18)20(25)2-1-11-24-12-9-15(10-13-24)19-14-21(26-23-19)17-3-4-17/h5-10,12-14,17H,1-4,11H2/q+1. The molecule has 0 spiro atoms. The molecule has 0 amide bonds. The summed E-state index contributed by atoms with van der Waals surface area (Å²) in [7, 11) is 0. The lowest BCUT2D eigenvalue weighted by atomic mass is 10.1. The fourth-order valence-corrected chi connectivity index (χ4v) is 2.97. The number of pyridine rings is 1. The van der Waals surface area contributed by atoms with E-state index >= 15 is 0 Å². The van der Waals surface area contributed by atoms with Crippen molar-refractivity contribution in [1.29, 1.82) is 0 Å². The van der Waals surface area contributed by atoms with Gasteiger partial charge in [-0.05, 0) is 37.1 Å². The van der Waals surface area contributed by atoms with E-state index < -0.39 is 0 Å². The van der Waals surface area contributed by atoms with E-state index in [2.05, 4.69) is 5.16 Å². The van der Waals surface area contributed by atoms with Gasteiger partial charge in [0.15, 0.2) is 18.2 Å². The molecule has 0 atom stereocenters. The highest BCUT2D eigenvalue weighted by atomic mass is 19.1. The van der Waals surface area contributed by atoms with Gasteiger partial charge in [-0.2, -0.15) is 0 Å². The minimum absolute atomic E-state index is 0.0393. The molecule has 26 heavy (non-hydrogen) atoms. The Morgan fingerprint density at radius 2 is 1.88 bits per heavy atom. The highest BCUT2D eigenvalue weighted by Gasteiger charge is 2.28. The van der Waals surface area contributed by atoms with Crippen molar-refractivity contribution in [2.75, 3.05) is 0 Å². The number of aryl methyl sites for hydroxylation is 1. The van der Waals surface area contributed by atoms with Crippen LogP contribution in [0.1, 0.15) is 47.7 Å². The van der Waals surface area contributed by atoms with Crippen molar-refractivity contribution in [1.82, 2.24) is 5.16 Å². The van der Waals surface area contributed by atoms with E-state index in [1.807, 2.05) is 35.2 Å². The van der Waals surface area contributed by atoms with Crippen molar-refractivity contribution < 1.29 is 18.3 Å². The Hall–Kier alpha value is -2.82. The van der Waals surface area contributed by atoms with Gasteiger partial charge in [0.1, 0.15) is 23.8 Å². The fraction of sp³-hybridized carbons (Fsp3) is 0.286. The van der Waals surface area contributed by atoms with Crippen LogP contribution in [0, 0.1) is 5.82 Å². The summed E-state index contributed by atoms with van der Waals surface area (Å²) in [4.78, 5) is 12.1. The first-order valence-corrected chi connectivity index (χ1v) is 8.94. The van der Waals surface area contributed by atoms with Crippen molar-refractivity contribution in [3.05, 3.63) is 72.0 Å². The smallest absolute Gasteiger partial charge is 0.169 e. The number of Topliss-reactive ketones (excluding diaryl/α,β-unsaturated/α-hetero) is 1. The third kappa shape index (κ3) is 3.87. The van der Waals surface area contributed by atoms with Crippen LogP contribution in [0.4, 0.5) is 4.39 Å². The third-order valence-corrected chi connectivity index (χ3v) is 4.68. The van der Waals surface area contributed by atoms with Gasteiger partial charge in [0.25, 0.3) is 0 Å². The summed E-state index contributed by atoms with van der Waals surface area (Å²) in [5, 5.41) is 4.15. The molecule has 4 rings (SSSR count). The monoisotopic (exact) mass is 351 g/mol. The number of carbonyl (C=O) groups is 1. The highest BCUT2D eigenvalue weighted by molar-refractivity contribution is 5.95. The molecule has 0 bridgehead atoms. The topological polar surface area (TPSA) is 47.0 Å². The number of aromatic nitrogens is 2. The van der Waals surface area contributed by atoms with E-state index in [1.165, 1.54) is 37.1 Å². The van der Waals surface area contributed by atoms with Gasteiger partial charge in [-0.3, -0.25) is 4.79 Å². The van der Waals surface area contributed by atoms with Crippen LogP contribution >= 0.6 is 0 Å². The van der Waals surface area contributed by atoms with Crippen molar-refractivity contribution >= 4 is 5.78 Å². The maximum atomic E-state index is 12.9. The predicted molar refractivity (Wildman–Crippen MR) is 94.1 cm³/mol. The van der Waals surface area contributed by atoms with Gasteiger partial charge in [-0.1, -0.05) is 5.16 Å². The van der Waals surface area contributed by atoms with Crippen LogP contribution in [0.25, 0.3) is 11.3 Å². The summed E-state index contributed by atoms with van der Waals surface area (Å²) in [6.45, 7) is 0.749. The minimum atomic E-state index is -0.325. The van der Waals surface area contributed by atoms with Gasteiger partial charge < -0.3 is 4.52 Å². The number of rotatable bonds is 7. The van der Waals surface area contributed by atoms with Gasteiger partial charge in [0.2, 0.25) is 0 Å². The largest absolute Gasteiger partial charge is 0.360 e. The summed E-state index contributed by atoms with van der Waals surface area (Å²) >= 11 is 0. The van der Waals surface area contributed by atoms with E-state index in [-0.39, 0.29) is 11.6 Å². The average molecular weight is 351 g/mol. The molecule has 3 aromatic rings. The number of hydrogen-bond acceptors (Lipinski definition) is 3.